The zero-order valence-corrected chi connectivity index (χ0v) is 17.9. The summed E-state index contributed by atoms with van der Waals surface area (Å²) in [6, 6.07) is -0.747. The van der Waals surface area contributed by atoms with Gasteiger partial charge in [0.15, 0.2) is 0 Å². The summed E-state index contributed by atoms with van der Waals surface area (Å²) in [5.41, 5.74) is -0.0206. The van der Waals surface area contributed by atoms with Crippen molar-refractivity contribution in [2.75, 3.05) is 26.2 Å². The number of nitrogens with one attached hydrogen (secondary N) is 2. The third kappa shape index (κ3) is 6.17. The van der Waals surface area contributed by atoms with E-state index in [-0.39, 0.29) is 30.1 Å². The number of aliphatic carboxylic acids is 1. The molecule has 0 spiro atoms. The molecule has 1 saturated heterocycles. The van der Waals surface area contributed by atoms with Crippen molar-refractivity contribution in [3.8, 4) is 0 Å². The summed E-state index contributed by atoms with van der Waals surface area (Å²) in [5, 5.41) is 15.2. The van der Waals surface area contributed by atoms with Crippen molar-refractivity contribution in [2.45, 2.75) is 71.3 Å². The molecule has 3 atom stereocenters. The molecule has 0 aromatic carbocycles. The Labute approximate surface area is 174 Å². The number of carbonyl (C=O) groups excluding carboxylic acids is 2. The summed E-state index contributed by atoms with van der Waals surface area (Å²) < 4.78 is 0. The molecule has 2 saturated carbocycles. The summed E-state index contributed by atoms with van der Waals surface area (Å²) in [6.07, 6.45) is 6.41. The number of carbonyl (C=O) groups is 3. The van der Waals surface area contributed by atoms with Gasteiger partial charge in [0.25, 0.3) is 0 Å². The van der Waals surface area contributed by atoms with Crippen LogP contribution in [0.2, 0.25) is 0 Å². The van der Waals surface area contributed by atoms with E-state index in [1.165, 1.54) is 19.3 Å². The molecule has 2 bridgehead atoms. The predicted octanol–water partition coefficient (Wildman–Crippen LogP) is 2.01. The summed E-state index contributed by atoms with van der Waals surface area (Å²) in [5.74, 6) is 0.994. The van der Waals surface area contributed by atoms with E-state index < -0.39 is 12.0 Å². The fourth-order valence-corrected chi connectivity index (χ4v) is 6.12. The Bertz CT molecular complexity index is 599. The van der Waals surface area contributed by atoms with Crippen molar-refractivity contribution in [2.24, 2.45) is 23.2 Å². The number of amides is 2. The quantitative estimate of drug-likeness (QED) is 0.600. The van der Waals surface area contributed by atoms with Crippen molar-refractivity contribution < 1.29 is 19.5 Å². The molecule has 7 nitrogen and oxygen atoms in total. The van der Waals surface area contributed by atoms with E-state index in [0.717, 1.165) is 31.8 Å². The average molecular weight is 408 g/mol. The first-order valence-electron chi connectivity index (χ1n) is 11.2. The lowest BCUT2D eigenvalue weighted by atomic mass is 9.58. The molecule has 3 N–H and O–H groups in total. The van der Waals surface area contributed by atoms with Gasteiger partial charge in [-0.05, 0) is 61.7 Å². The van der Waals surface area contributed by atoms with E-state index in [1.807, 2.05) is 0 Å². The second kappa shape index (κ2) is 9.45. The second-order valence-corrected chi connectivity index (χ2v) is 10.1. The summed E-state index contributed by atoms with van der Waals surface area (Å²) in [7, 11) is 0. The Morgan fingerprint density at radius 3 is 2.34 bits per heavy atom. The van der Waals surface area contributed by atoms with Crippen LogP contribution in [0.1, 0.15) is 65.2 Å². The van der Waals surface area contributed by atoms with Crippen molar-refractivity contribution in [1.82, 2.24) is 15.5 Å². The number of rotatable bonds is 7. The first kappa shape index (κ1) is 22.1. The Hall–Kier alpha value is -1.63. The third-order valence-electron chi connectivity index (χ3n) is 7.00. The molecule has 3 aliphatic rings. The van der Waals surface area contributed by atoms with Crippen LogP contribution in [0.5, 0.6) is 0 Å². The highest BCUT2D eigenvalue weighted by molar-refractivity contribution is 5.88. The molecule has 3 fully saturated rings. The predicted molar refractivity (Wildman–Crippen MR) is 110 cm³/mol. The molecule has 3 unspecified atom stereocenters. The number of carboxylic acids is 1. The first-order valence-corrected chi connectivity index (χ1v) is 11.2. The van der Waals surface area contributed by atoms with Gasteiger partial charge in [0.05, 0.1) is 0 Å². The molecule has 1 heterocycles. The van der Waals surface area contributed by atoms with E-state index in [0.29, 0.717) is 31.3 Å². The number of nitrogens with zero attached hydrogens (tertiary/aromatic N) is 1. The van der Waals surface area contributed by atoms with Gasteiger partial charge in [-0.2, -0.15) is 0 Å². The van der Waals surface area contributed by atoms with Crippen LogP contribution in [0.15, 0.2) is 0 Å². The number of hydrogen-bond donors (Lipinski definition) is 3. The number of fused-ring (bicyclic) bond motifs is 2. The first-order chi connectivity index (χ1) is 13.7. The summed E-state index contributed by atoms with van der Waals surface area (Å²) in [4.78, 5) is 38.6. The van der Waals surface area contributed by atoms with Gasteiger partial charge in [-0.1, -0.05) is 13.8 Å². The van der Waals surface area contributed by atoms with Crippen LogP contribution < -0.4 is 10.6 Å². The molecule has 7 heteroatoms. The van der Waals surface area contributed by atoms with Crippen LogP contribution >= 0.6 is 0 Å². The molecule has 2 amide bonds. The molecule has 0 aromatic heterocycles. The largest absolute Gasteiger partial charge is 0.481 e. The lowest BCUT2D eigenvalue weighted by Gasteiger charge is -2.47. The van der Waals surface area contributed by atoms with Gasteiger partial charge >= 0.3 is 5.97 Å². The van der Waals surface area contributed by atoms with Crippen LogP contribution in [0.25, 0.3) is 0 Å². The van der Waals surface area contributed by atoms with E-state index >= 15 is 0 Å². The Morgan fingerprint density at radius 2 is 1.76 bits per heavy atom. The van der Waals surface area contributed by atoms with Crippen molar-refractivity contribution in [3.05, 3.63) is 0 Å². The van der Waals surface area contributed by atoms with Gasteiger partial charge < -0.3 is 20.6 Å². The van der Waals surface area contributed by atoms with Gasteiger partial charge in [-0.15, -0.1) is 0 Å². The van der Waals surface area contributed by atoms with Crippen molar-refractivity contribution in [1.29, 1.82) is 0 Å². The highest BCUT2D eigenvalue weighted by Gasteiger charge is 2.42. The van der Waals surface area contributed by atoms with Gasteiger partial charge in [0.1, 0.15) is 6.04 Å². The SMILES string of the molecule is CC1CC2CC(C1)CC(C)(CC(=O)NC(CCC(=O)O)C(=O)N1CCNCC1)C2. The normalized spacial score (nSPS) is 33.0. The highest BCUT2D eigenvalue weighted by atomic mass is 16.4. The van der Waals surface area contributed by atoms with Crippen LogP contribution in [0.3, 0.4) is 0 Å². The topological polar surface area (TPSA) is 98.7 Å². The monoisotopic (exact) mass is 407 g/mol. The fraction of sp³-hybridized carbons (Fsp3) is 0.864. The summed E-state index contributed by atoms with van der Waals surface area (Å²) >= 11 is 0. The molecular formula is C22H37N3O4. The van der Waals surface area contributed by atoms with E-state index in [2.05, 4.69) is 24.5 Å². The maximum atomic E-state index is 12.9. The van der Waals surface area contributed by atoms with Crippen molar-refractivity contribution in [3.63, 3.8) is 0 Å². The lowest BCUT2D eigenvalue weighted by molar-refractivity contribution is -0.140. The van der Waals surface area contributed by atoms with Gasteiger partial charge in [0, 0.05) is 39.0 Å². The van der Waals surface area contributed by atoms with Crippen LogP contribution in [0, 0.1) is 23.2 Å². The lowest BCUT2D eigenvalue weighted by Crippen LogP contribution is -2.54. The summed E-state index contributed by atoms with van der Waals surface area (Å²) in [6.45, 7) is 7.19. The Kier molecular flexibility index (Phi) is 7.19. The second-order valence-electron chi connectivity index (χ2n) is 10.1. The highest BCUT2D eigenvalue weighted by Crippen LogP contribution is 2.51. The maximum absolute atomic E-state index is 12.9. The van der Waals surface area contributed by atoms with Gasteiger partial charge in [-0.25, -0.2) is 0 Å². The molecule has 0 radical (unpaired) electrons. The van der Waals surface area contributed by atoms with Gasteiger partial charge in [-0.3, -0.25) is 14.4 Å². The van der Waals surface area contributed by atoms with E-state index in [1.54, 1.807) is 4.90 Å². The van der Waals surface area contributed by atoms with Gasteiger partial charge in [0.2, 0.25) is 11.8 Å². The molecule has 1 aliphatic heterocycles. The fourth-order valence-electron chi connectivity index (χ4n) is 6.12. The molecule has 0 aromatic rings. The van der Waals surface area contributed by atoms with Crippen LogP contribution in [-0.2, 0) is 14.4 Å². The maximum Gasteiger partial charge on any atom is 0.303 e. The zero-order chi connectivity index (χ0) is 21.0. The van der Waals surface area contributed by atoms with Crippen LogP contribution in [-0.4, -0.2) is 60.0 Å². The van der Waals surface area contributed by atoms with E-state index in [9.17, 15) is 14.4 Å². The smallest absolute Gasteiger partial charge is 0.303 e. The average Bonchev–Trinajstić information content (AvgIpc) is 2.63. The Morgan fingerprint density at radius 1 is 1.14 bits per heavy atom. The number of hydrogen-bond acceptors (Lipinski definition) is 4. The molecule has 29 heavy (non-hydrogen) atoms. The number of piperazine rings is 1. The third-order valence-corrected chi connectivity index (χ3v) is 7.00. The minimum absolute atomic E-state index is 0.0206. The van der Waals surface area contributed by atoms with Crippen LogP contribution in [0.4, 0.5) is 0 Å². The minimum Gasteiger partial charge on any atom is -0.481 e. The number of carboxylic acid groups (broad SMARTS) is 1. The molecule has 2 aliphatic carbocycles. The minimum atomic E-state index is -0.946. The molecule has 3 rings (SSSR count). The standard InChI is InChI=1S/C22H37N3O4/c1-15-9-16-11-17(10-15)13-22(2,12-16)14-19(26)24-18(3-4-20(27)28)21(29)25-7-5-23-6-8-25/h15-18,23H,3-14H2,1-2H3,(H,24,26)(H,27,28). The Balaban J connectivity index is 1.59. The van der Waals surface area contributed by atoms with Crippen molar-refractivity contribution >= 4 is 17.8 Å². The zero-order valence-electron chi connectivity index (χ0n) is 17.9. The molecular weight excluding hydrogens is 370 g/mol. The molecule has 164 valence electrons. The van der Waals surface area contributed by atoms with E-state index in [4.69, 9.17) is 5.11 Å².